The SMILES string of the molecule is CCOC(=O)N1CCCC(COS(C)(=O)=O)C1.CCOC(=O)N1CCCC(COS(C)(=O)=O)C1.CCOC(=O)N1CCCC(COc2ccc(Cl)cc2)C1.CCOC(=O)N1CCCC(COc2cccc(OC)c2)C1.COc1cccc(O)c1.COc1cccc(OCC2CCCNC2)c1.Clc1ccc(OCC2CCCNC2)cc1.Oc1ccc(Cl)cc1. The van der Waals surface area contributed by atoms with Crippen molar-refractivity contribution in [1.29, 1.82) is 0 Å². The fourth-order valence-electron chi connectivity index (χ4n) is 13.3. The number of aromatic hydroxyl groups is 2. The summed E-state index contributed by atoms with van der Waals surface area (Å²) in [5, 5.41) is 26.4. The molecule has 6 aliphatic rings. The van der Waals surface area contributed by atoms with E-state index < -0.39 is 20.2 Å². The number of hydrogen-bond acceptors (Lipinski definition) is 25. The number of ether oxygens (including phenoxy) is 11. The molecule has 0 saturated carbocycles. The second-order valence-corrected chi connectivity index (χ2v) is 34.3. The van der Waals surface area contributed by atoms with Gasteiger partial charge in [0.25, 0.3) is 20.2 Å². The van der Waals surface area contributed by atoms with Gasteiger partial charge in [0.05, 0.1) is 99.9 Å². The third-order valence-electron chi connectivity index (χ3n) is 19.5. The highest BCUT2D eigenvalue weighted by Crippen LogP contribution is 2.28. The molecule has 6 aromatic rings. The van der Waals surface area contributed by atoms with E-state index in [0.717, 1.165) is 156 Å². The van der Waals surface area contributed by atoms with Crippen LogP contribution < -0.4 is 43.8 Å². The van der Waals surface area contributed by atoms with E-state index in [9.17, 15) is 36.0 Å². The monoisotopic (exact) mass is 1820 g/mol. The van der Waals surface area contributed by atoms with Gasteiger partial charge in [-0.3, -0.25) is 8.37 Å². The zero-order chi connectivity index (χ0) is 89.6. The largest absolute Gasteiger partial charge is 0.508 e. The summed E-state index contributed by atoms with van der Waals surface area (Å²) < 4.78 is 111. The van der Waals surface area contributed by atoms with E-state index in [0.29, 0.717) is 118 Å². The molecular formula is C89H129Cl3N6O23S2. The quantitative estimate of drug-likeness (QED) is 0.0305. The van der Waals surface area contributed by atoms with E-state index in [1.165, 1.54) is 25.7 Å². The van der Waals surface area contributed by atoms with Gasteiger partial charge < -0.3 is 92.6 Å². The molecule has 6 aromatic carbocycles. The van der Waals surface area contributed by atoms with E-state index in [2.05, 4.69) is 10.6 Å². The maximum Gasteiger partial charge on any atom is 0.409 e. The van der Waals surface area contributed by atoms with Crippen LogP contribution >= 0.6 is 34.8 Å². The summed E-state index contributed by atoms with van der Waals surface area (Å²) in [5.74, 6) is 8.28. The van der Waals surface area contributed by atoms with Gasteiger partial charge in [-0.1, -0.05) is 53.0 Å². The van der Waals surface area contributed by atoms with E-state index in [4.69, 9.17) is 105 Å². The Labute approximate surface area is 742 Å². The van der Waals surface area contributed by atoms with Crippen LogP contribution in [0.25, 0.3) is 0 Å². The first kappa shape index (κ1) is 105. The first-order chi connectivity index (χ1) is 59.1. The molecule has 0 spiro atoms. The molecule has 6 saturated heterocycles. The minimum atomic E-state index is -3.41. The molecule has 0 bridgehead atoms. The number of carbonyl (C=O) groups excluding carboxylic acids is 4. The topological polar surface area (TPSA) is 334 Å². The smallest absolute Gasteiger partial charge is 0.409 e. The molecule has 34 heteroatoms. The number of rotatable bonds is 25. The summed E-state index contributed by atoms with van der Waals surface area (Å²) in [4.78, 5) is 53.2. The van der Waals surface area contributed by atoms with Gasteiger partial charge in [-0.2, -0.15) is 16.8 Å². The van der Waals surface area contributed by atoms with Crippen molar-refractivity contribution in [2.24, 2.45) is 35.5 Å². The summed E-state index contributed by atoms with van der Waals surface area (Å²) in [6.07, 6.45) is 13.5. The Hall–Kier alpha value is -8.79. The number of benzene rings is 6. The highest BCUT2D eigenvalue weighted by molar-refractivity contribution is 7.86. The molecular weight excluding hydrogens is 1690 g/mol. The van der Waals surface area contributed by atoms with Crippen LogP contribution in [-0.4, -0.2) is 249 Å². The van der Waals surface area contributed by atoms with Crippen LogP contribution in [-0.2, 0) is 47.5 Å². The number of phenolic OH excluding ortho intramolecular Hbond substituents is 2. The van der Waals surface area contributed by atoms with Crippen LogP contribution in [0, 0.1) is 35.5 Å². The fourth-order valence-corrected chi connectivity index (χ4v) is 14.5. The van der Waals surface area contributed by atoms with Crippen molar-refractivity contribution in [3.05, 3.63) is 161 Å². The third kappa shape index (κ3) is 46.7. The van der Waals surface area contributed by atoms with Crippen LogP contribution in [0.2, 0.25) is 15.1 Å². The summed E-state index contributed by atoms with van der Waals surface area (Å²) in [6.45, 7) is 21.5. The predicted octanol–water partition coefficient (Wildman–Crippen LogP) is 16.4. The molecule has 686 valence electrons. The molecule has 123 heavy (non-hydrogen) atoms. The van der Waals surface area contributed by atoms with Crippen molar-refractivity contribution in [2.75, 3.05) is 178 Å². The highest BCUT2D eigenvalue weighted by Gasteiger charge is 2.30. The number of phenols is 2. The molecule has 29 nitrogen and oxygen atoms in total. The van der Waals surface area contributed by atoms with Crippen molar-refractivity contribution in [1.82, 2.24) is 30.2 Å². The van der Waals surface area contributed by atoms with Gasteiger partial charge in [0.2, 0.25) is 0 Å². The number of hydrogen-bond donors (Lipinski definition) is 4. The first-order valence-corrected chi connectivity index (χ1v) is 46.7. The lowest BCUT2D eigenvalue weighted by atomic mass is 9.99. The molecule has 0 radical (unpaired) electrons. The van der Waals surface area contributed by atoms with Gasteiger partial charge in [0, 0.05) is 134 Å². The van der Waals surface area contributed by atoms with Crippen LogP contribution in [0.15, 0.2) is 146 Å². The fraction of sp³-hybridized carbons (Fsp3) is 0.551. The highest BCUT2D eigenvalue weighted by atomic mass is 35.5. The summed E-state index contributed by atoms with van der Waals surface area (Å²) in [6, 6.07) is 43.2. The van der Waals surface area contributed by atoms with Gasteiger partial charge in [0.1, 0.15) is 51.7 Å². The van der Waals surface area contributed by atoms with E-state index in [1.54, 1.807) is 103 Å². The Kier molecular flexibility index (Phi) is 51.0. The number of piperidine rings is 6. The number of methoxy groups -OCH3 is 3. The molecule has 4 N–H and O–H groups in total. The standard InChI is InChI=1S/C16H23NO4.C15H20ClNO3.C13H19NO2.C12H16ClNO.2C10H19NO5S.C7H8O2.C6H5ClO/c1-3-20-16(18)17-9-5-6-13(11-17)12-21-15-8-4-7-14(10-15)19-2;1-2-19-15(18)17-9-3-4-12(10-17)11-20-14-7-5-13(16)6-8-14;1-15-12-5-2-6-13(8-12)16-10-11-4-3-7-14-9-11;13-11-3-5-12(6-4-11)15-9-10-2-1-7-14-8-10;2*1-3-15-10(12)11-6-4-5-9(7-11)8-16-17(2,13)14;1-9-7-4-2-3-6(8)5-7;7-5-1-3-6(8)4-2-5/h4,7-8,10,13H,3,5-6,9,11-12H2,1-2H3;5-8,12H,2-4,9-11H2,1H3;2,5-6,8,11,14H,3-4,7,9-10H2,1H3;3-6,10,14H,1-2,7-9H2;2*9H,3-8H2,1-2H3;2-5,8H,1H3;1-4,8H. The van der Waals surface area contributed by atoms with Crippen LogP contribution in [0.3, 0.4) is 0 Å². The lowest BCUT2D eigenvalue weighted by Gasteiger charge is -2.31. The molecule has 0 aromatic heterocycles. The lowest BCUT2D eigenvalue weighted by molar-refractivity contribution is 0.0783. The average molecular weight is 1820 g/mol. The molecule has 6 atom stereocenters. The van der Waals surface area contributed by atoms with Crippen molar-refractivity contribution >= 4 is 79.4 Å². The minimum absolute atomic E-state index is 0.0582. The van der Waals surface area contributed by atoms with Crippen molar-refractivity contribution in [3.8, 4) is 51.7 Å². The van der Waals surface area contributed by atoms with Gasteiger partial charge in [-0.15, -0.1) is 0 Å². The molecule has 0 aliphatic carbocycles. The van der Waals surface area contributed by atoms with E-state index in [1.807, 2.05) is 111 Å². The molecule has 4 amide bonds. The molecule has 6 unspecified atom stereocenters. The normalized spacial score (nSPS) is 18.5. The maximum atomic E-state index is 11.7. The van der Waals surface area contributed by atoms with E-state index in [-0.39, 0.29) is 60.9 Å². The third-order valence-corrected chi connectivity index (χ3v) is 21.4. The molecule has 12 rings (SSSR count). The van der Waals surface area contributed by atoms with Gasteiger partial charge >= 0.3 is 24.4 Å². The Morgan fingerprint density at radius 2 is 0.634 bits per heavy atom. The van der Waals surface area contributed by atoms with Crippen LogP contribution in [0.1, 0.15) is 105 Å². The molecule has 6 heterocycles. The van der Waals surface area contributed by atoms with Gasteiger partial charge in [-0.05, 0) is 227 Å². The number of halogens is 3. The Balaban J connectivity index is 0.000000253. The zero-order valence-electron chi connectivity index (χ0n) is 72.6. The second-order valence-electron chi connectivity index (χ2n) is 29.7. The summed E-state index contributed by atoms with van der Waals surface area (Å²) >= 11 is 17.1. The second kappa shape index (κ2) is 59.9. The summed E-state index contributed by atoms with van der Waals surface area (Å²) in [5.41, 5.74) is 0. The summed E-state index contributed by atoms with van der Waals surface area (Å²) in [7, 11) is -1.94. The van der Waals surface area contributed by atoms with E-state index >= 15 is 0 Å². The number of nitrogens with one attached hydrogen (secondary N) is 2. The number of amides is 4. The minimum Gasteiger partial charge on any atom is -0.508 e. The maximum absolute atomic E-state index is 11.7. The van der Waals surface area contributed by atoms with Crippen molar-refractivity contribution in [3.63, 3.8) is 0 Å². The molecule has 6 fully saturated rings. The Bertz CT molecular complexity index is 4070. The van der Waals surface area contributed by atoms with Gasteiger partial charge in [0.15, 0.2) is 0 Å². The van der Waals surface area contributed by atoms with Crippen molar-refractivity contribution in [2.45, 2.75) is 105 Å². The van der Waals surface area contributed by atoms with Crippen LogP contribution in [0.5, 0.6) is 51.7 Å². The first-order valence-electron chi connectivity index (χ1n) is 41.9. The van der Waals surface area contributed by atoms with Crippen molar-refractivity contribution < 1.29 is 107 Å². The van der Waals surface area contributed by atoms with Gasteiger partial charge in [-0.25, -0.2) is 19.2 Å². The Morgan fingerprint density at radius 3 is 0.911 bits per heavy atom. The molecule has 6 aliphatic heterocycles. The lowest BCUT2D eigenvalue weighted by Crippen LogP contribution is -2.41. The average Bonchev–Trinajstić information content (AvgIpc) is 0.880. The zero-order valence-corrected chi connectivity index (χ0v) is 76.5. The van der Waals surface area contributed by atoms with Crippen LogP contribution in [0.4, 0.5) is 19.2 Å². The number of likely N-dealkylation sites (tertiary alicyclic amines) is 4. The number of nitrogens with zero attached hydrogens (tertiary/aromatic N) is 4. The predicted molar refractivity (Wildman–Crippen MR) is 477 cm³/mol. The number of carbonyl (C=O) groups is 4. The Morgan fingerprint density at radius 1 is 0.358 bits per heavy atom.